The number of nitrogens with one attached hydrogen (secondary N) is 1. The monoisotopic (exact) mass is 198 g/mol. The van der Waals surface area contributed by atoms with Crippen molar-refractivity contribution in [3.63, 3.8) is 0 Å². The Morgan fingerprint density at radius 1 is 1.53 bits per heavy atom. The minimum Gasteiger partial charge on any atom is -0.285 e. The lowest BCUT2D eigenvalue weighted by Crippen LogP contribution is -2.20. The van der Waals surface area contributed by atoms with Crippen LogP contribution in [-0.4, -0.2) is 9.38 Å². The van der Waals surface area contributed by atoms with Crippen molar-refractivity contribution >= 4 is 5.65 Å². The summed E-state index contributed by atoms with van der Waals surface area (Å²) in [5.74, 6) is 0. The van der Waals surface area contributed by atoms with Crippen molar-refractivity contribution in [3.05, 3.63) is 41.1 Å². The zero-order valence-corrected chi connectivity index (χ0v) is 8.36. The highest BCUT2D eigenvalue weighted by Gasteiger charge is 2.07. The van der Waals surface area contributed by atoms with Crippen molar-refractivity contribution in [3.8, 4) is 6.07 Å². The Labute approximate surface area is 87.0 Å². The molecule has 4 heteroatoms. The number of hydrogen-bond donors (Lipinski definition) is 1. The molecule has 0 aromatic carbocycles. The second-order valence-electron chi connectivity index (χ2n) is 3.18. The van der Waals surface area contributed by atoms with Gasteiger partial charge < -0.3 is 0 Å². The van der Waals surface area contributed by atoms with Gasteiger partial charge in [-0.25, -0.2) is 4.98 Å². The third kappa shape index (κ3) is 1.38. The van der Waals surface area contributed by atoms with Crippen LogP contribution in [0.3, 0.4) is 0 Å². The number of rotatable bonds is 1. The van der Waals surface area contributed by atoms with Crippen molar-refractivity contribution in [2.24, 2.45) is 0 Å². The fraction of sp³-hybridized carbons (Fsp3) is 0.182. The Morgan fingerprint density at radius 2 is 2.33 bits per heavy atom. The standard InChI is InChI=1S/C11H10N4/c1-2-9-8(7-12)11(13)15-6-4-3-5-10(15)14-9/h3-6,13H,2H2,1H3. The van der Waals surface area contributed by atoms with Gasteiger partial charge in [0.15, 0.2) is 5.49 Å². The molecule has 2 heterocycles. The molecule has 2 aromatic rings. The number of aromatic nitrogens is 2. The molecule has 4 nitrogen and oxygen atoms in total. The SMILES string of the molecule is CCc1nc2ccccn2c(=N)c1C#N. The van der Waals surface area contributed by atoms with Gasteiger partial charge in [-0.1, -0.05) is 13.0 Å². The third-order valence-corrected chi connectivity index (χ3v) is 2.30. The predicted molar refractivity (Wildman–Crippen MR) is 55.1 cm³/mol. The predicted octanol–water partition coefficient (Wildman–Crippen LogP) is 1.25. The van der Waals surface area contributed by atoms with Gasteiger partial charge in [-0.05, 0) is 18.6 Å². The number of aryl methyl sites for hydroxylation is 1. The van der Waals surface area contributed by atoms with Gasteiger partial charge in [-0.15, -0.1) is 0 Å². The van der Waals surface area contributed by atoms with Gasteiger partial charge in [0.1, 0.15) is 17.3 Å². The van der Waals surface area contributed by atoms with Crippen LogP contribution in [-0.2, 0) is 6.42 Å². The van der Waals surface area contributed by atoms with E-state index in [-0.39, 0.29) is 5.49 Å². The first-order chi connectivity index (χ1) is 7.27. The summed E-state index contributed by atoms with van der Waals surface area (Å²) in [4.78, 5) is 4.35. The van der Waals surface area contributed by atoms with Gasteiger partial charge in [0.05, 0.1) is 5.69 Å². The maximum absolute atomic E-state index is 8.97. The molecule has 15 heavy (non-hydrogen) atoms. The van der Waals surface area contributed by atoms with Crippen LogP contribution in [0.2, 0.25) is 0 Å². The van der Waals surface area contributed by atoms with E-state index >= 15 is 0 Å². The molecule has 0 spiro atoms. The van der Waals surface area contributed by atoms with Gasteiger partial charge >= 0.3 is 0 Å². The first-order valence-corrected chi connectivity index (χ1v) is 4.73. The lowest BCUT2D eigenvalue weighted by Gasteiger charge is -2.05. The van der Waals surface area contributed by atoms with Crippen LogP contribution in [0.15, 0.2) is 24.4 Å². The Bertz CT molecular complexity index is 604. The molecule has 0 aliphatic rings. The van der Waals surface area contributed by atoms with Crippen LogP contribution in [0.25, 0.3) is 5.65 Å². The van der Waals surface area contributed by atoms with Gasteiger partial charge in [-0.2, -0.15) is 5.26 Å². The lowest BCUT2D eigenvalue weighted by molar-refractivity contribution is 0.910. The van der Waals surface area contributed by atoms with Crippen LogP contribution >= 0.6 is 0 Å². The van der Waals surface area contributed by atoms with E-state index in [0.29, 0.717) is 23.3 Å². The number of nitrogens with zero attached hydrogens (tertiary/aromatic N) is 3. The second-order valence-corrected chi connectivity index (χ2v) is 3.18. The normalized spacial score (nSPS) is 10.1. The maximum Gasteiger partial charge on any atom is 0.150 e. The minimum absolute atomic E-state index is 0.208. The highest BCUT2D eigenvalue weighted by atomic mass is 15.0. The first-order valence-electron chi connectivity index (χ1n) is 4.73. The molecule has 0 fully saturated rings. The summed E-state index contributed by atoms with van der Waals surface area (Å²) >= 11 is 0. The Hall–Kier alpha value is -2.15. The molecule has 0 amide bonds. The van der Waals surface area contributed by atoms with Crippen LogP contribution in [0, 0.1) is 16.7 Å². The third-order valence-electron chi connectivity index (χ3n) is 2.30. The Kier molecular flexibility index (Phi) is 2.22. The summed E-state index contributed by atoms with van der Waals surface area (Å²) in [6.07, 6.45) is 2.41. The van der Waals surface area contributed by atoms with Crippen molar-refractivity contribution in [2.45, 2.75) is 13.3 Å². The quantitative estimate of drug-likeness (QED) is 0.749. The van der Waals surface area contributed by atoms with E-state index in [1.54, 1.807) is 10.6 Å². The fourth-order valence-corrected chi connectivity index (χ4v) is 1.54. The highest BCUT2D eigenvalue weighted by Crippen LogP contribution is 2.04. The summed E-state index contributed by atoms with van der Waals surface area (Å²) in [6, 6.07) is 7.56. The minimum atomic E-state index is 0.208. The molecule has 0 atom stereocenters. The van der Waals surface area contributed by atoms with Crippen LogP contribution in [0.4, 0.5) is 0 Å². The zero-order valence-electron chi connectivity index (χ0n) is 8.36. The molecule has 2 aromatic heterocycles. The molecule has 0 saturated carbocycles. The number of fused-ring (bicyclic) bond motifs is 1. The Balaban J connectivity index is 2.96. The summed E-state index contributed by atoms with van der Waals surface area (Å²) < 4.78 is 1.61. The van der Waals surface area contributed by atoms with E-state index in [1.807, 2.05) is 31.2 Å². The van der Waals surface area contributed by atoms with Crippen molar-refractivity contribution in [1.29, 1.82) is 10.7 Å². The zero-order chi connectivity index (χ0) is 10.8. The molecule has 0 aliphatic carbocycles. The van der Waals surface area contributed by atoms with Crippen LogP contribution in [0.1, 0.15) is 18.2 Å². The molecular weight excluding hydrogens is 188 g/mol. The summed E-state index contributed by atoms with van der Waals surface area (Å²) in [6.45, 7) is 1.93. The van der Waals surface area contributed by atoms with E-state index in [4.69, 9.17) is 10.7 Å². The number of nitriles is 1. The van der Waals surface area contributed by atoms with Crippen LogP contribution < -0.4 is 5.49 Å². The molecule has 0 saturated heterocycles. The number of hydrogen-bond acceptors (Lipinski definition) is 3. The van der Waals surface area contributed by atoms with Gasteiger partial charge in [-0.3, -0.25) is 9.81 Å². The maximum atomic E-state index is 8.97. The molecular formula is C11H10N4. The molecule has 0 unspecified atom stereocenters. The molecule has 2 rings (SSSR count). The van der Waals surface area contributed by atoms with Gasteiger partial charge in [0, 0.05) is 6.20 Å². The molecule has 0 bridgehead atoms. The fourth-order valence-electron chi connectivity index (χ4n) is 1.54. The average molecular weight is 198 g/mol. The molecule has 0 aliphatic heterocycles. The second kappa shape index (κ2) is 3.54. The lowest BCUT2D eigenvalue weighted by atomic mass is 10.2. The van der Waals surface area contributed by atoms with Gasteiger partial charge in [0.25, 0.3) is 0 Å². The smallest absolute Gasteiger partial charge is 0.150 e. The topological polar surface area (TPSA) is 64.9 Å². The Morgan fingerprint density at radius 3 is 3.00 bits per heavy atom. The van der Waals surface area contributed by atoms with E-state index in [1.165, 1.54) is 0 Å². The van der Waals surface area contributed by atoms with E-state index in [2.05, 4.69) is 4.98 Å². The summed E-state index contributed by atoms with van der Waals surface area (Å²) in [5, 5.41) is 16.9. The average Bonchev–Trinajstić information content (AvgIpc) is 2.29. The van der Waals surface area contributed by atoms with E-state index < -0.39 is 0 Å². The van der Waals surface area contributed by atoms with E-state index in [9.17, 15) is 0 Å². The molecule has 0 radical (unpaired) electrons. The van der Waals surface area contributed by atoms with Gasteiger partial charge in [0.2, 0.25) is 0 Å². The number of pyridine rings is 1. The summed E-state index contributed by atoms with van der Waals surface area (Å²) in [5.41, 5.74) is 1.97. The highest BCUT2D eigenvalue weighted by molar-refractivity contribution is 5.43. The van der Waals surface area contributed by atoms with Crippen molar-refractivity contribution < 1.29 is 0 Å². The van der Waals surface area contributed by atoms with Crippen LogP contribution in [0.5, 0.6) is 0 Å². The molecule has 1 N–H and O–H groups in total. The van der Waals surface area contributed by atoms with Crippen molar-refractivity contribution in [1.82, 2.24) is 9.38 Å². The largest absolute Gasteiger partial charge is 0.285 e. The van der Waals surface area contributed by atoms with E-state index in [0.717, 1.165) is 0 Å². The molecule has 74 valence electrons. The first kappa shape index (κ1) is 9.41. The summed E-state index contributed by atoms with van der Waals surface area (Å²) in [7, 11) is 0. The van der Waals surface area contributed by atoms with Crippen molar-refractivity contribution in [2.75, 3.05) is 0 Å².